The van der Waals surface area contributed by atoms with E-state index in [2.05, 4.69) is 17.9 Å². The first-order chi connectivity index (χ1) is 23.7. The highest BCUT2D eigenvalue weighted by Crippen LogP contribution is 2.61. The van der Waals surface area contributed by atoms with E-state index in [0.717, 1.165) is 76.0 Å². The second-order valence-electron chi connectivity index (χ2n) is 15.5. The van der Waals surface area contributed by atoms with Crippen molar-refractivity contribution in [3.8, 4) is 5.75 Å². The number of morpholine rings is 1. The maximum Gasteiger partial charge on any atom is 0.453 e. The van der Waals surface area contributed by atoms with Crippen LogP contribution in [-0.2, 0) is 26.8 Å². The molecule has 2 saturated carbocycles. The number of piperidine rings is 1. The molecule has 2 aliphatic heterocycles. The summed E-state index contributed by atoms with van der Waals surface area (Å²) in [6.07, 6.45) is -0.854. The van der Waals surface area contributed by atoms with Gasteiger partial charge in [0.1, 0.15) is 11.5 Å². The SMILES string of the molecule is Cc1cc2c(cc1OC(=O)N1CCC(N3CCOCC3)CC1)C[C@@H](CCCS(=O)CCCC(F)(F)C(F)(F)F)[C@@H]1[C@@H]2CC[C@]2(C)C(=O)CC[C@@H]12. The highest BCUT2D eigenvalue weighted by Gasteiger charge is 2.57. The first-order valence-corrected chi connectivity index (χ1v) is 19.9. The van der Waals surface area contributed by atoms with Crippen molar-refractivity contribution >= 4 is 22.7 Å². The van der Waals surface area contributed by atoms with Gasteiger partial charge in [0.15, 0.2) is 0 Å². The zero-order chi connectivity index (χ0) is 35.8. The van der Waals surface area contributed by atoms with Crippen LogP contribution < -0.4 is 4.74 Å². The molecule has 6 rings (SSSR count). The van der Waals surface area contributed by atoms with Gasteiger partial charge in [-0.05, 0) is 111 Å². The third kappa shape index (κ3) is 7.80. The first-order valence-electron chi connectivity index (χ1n) is 18.4. The fraction of sp³-hybridized carbons (Fsp3) is 0.784. The van der Waals surface area contributed by atoms with Crippen molar-refractivity contribution in [1.82, 2.24) is 9.80 Å². The first kappa shape index (κ1) is 37.6. The molecule has 0 radical (unpaired) electrons. The monoisotopic (exact) mass is 730 g/mol. The lowest BCUT2D eigenvalue weighted by atomic mass is 9.52. The lowest BCUT2D eigenvalue weighted by molar-refractivity contribution is -0.284. The van der Waals surface area contributed by atoms with Gasteiger partial charge in [-0.25, -0.2) is 4.79 Å². The number of ketones is 1. The summed E-state index contributed by atoms with van der Waals surface area (Å²) in [4.78, 5) is 30.7. The van der Waals surface area contributed by atoms with Gasteiger partial charge in [0.2, 0.25) is 0 Å². The zero-order valence-corrected chi connectivity index (χ0v) is 30.0. The molecule has 1 aromatic rings. The summed E-state index contributed by atoms with van der Waals surface area (Å²) in [6.45, 7) is 8.71. The summed E-state index contributed by atoms with van der Waals surface area (Å²) < 4.78 is 88.5. The molecule has 0 bridgehead atoms. The van der Waals surface area contributed by atoms with Gasteiger partial charge in [0.05, 0.1) is 13.2 Å². The number of nitrogens with zero attached hydrogens (tertiary/aromatic N) is 2. The lowest BCUT2D eigenvalue weighted by Crippen LogP contribution is -2.50. The van der Waals surface area contributed by atoms with Crippen molar-refractivity contribution in [3.05, 3.63) is 28.8 Å². The van der Waals surface area contributed by atoms with Crippen LogP contribution in [0.4, 0.5) is 26.7 Å². The number of aryl methyl sites for hydroxylation is 1. The molecule has 7 nitrogen and oxygen atoms in total. The quantitative estimate of drug-likeness (QED) is 0.233. The number of alkyl halides is 5. The molecule has 50 heavy (non-hydrogen) atoms. The average Bonchev–Trinajstić information content (AvgIpc) is 3.38. The molecule has 6 atom stereocenters. The van der Waals surface area contributed by atoms with Crippen LogP contribution in [0.2, 0.25) is 0 Å². The summed E-state index contributed by atoms with van der Waals surface area (Å²) in [7, 11) is -1.51. The van der Waals surface area contributed by atoms with Crippen molar-refractivity contribution < 1.29 is 45.2 Å². The number of benzene rings is 1. The van der Waals surface area contributed by atoms with Crippen LogP contribution in [0.25, 0.3) is 0 Å². The smallest absolute Gasteiger partial charge is 0.410 e. The minimum Gasteiger partial charge on any atom is -0.410 e. The molecule has 280 valence electrons. The number of halogens is 5. The van der Waals surface area contributed by atoms with E-state index in [0.29, 0.717) is 49.9 Å². The van der Waals surface area contributed by atoms with Crippen LogP contribution in [0.15, 0.2) is 12.1 Å². The molecule has 1 aromatic carbocycles. The molecule has 2 saturated heterocycles. The van der Waals surface area contributed by atoms with Crippen LogP contribution in [0.1, 0.15) is 93.7 Å². The van der Waals surface area contributed by atoms with E-state index in [1.165, 1.54) is 5.56 Å². The van der Waals surface area contributed by atoms with Crippen molar-refractivity contribution in [3.63, 3.8) is 0 Å². The molecular formula is C37H51F5N2O5S. The van der Waals surface area contributed by atoms with Gasteiger partial charge < -0.3 is 14.4 Å². The summed E-state index contributed by atoms with van der Waals surface area (Å²) in [5.41, 5.74) is 2.92. The number of fused-ring (bicyclic) bond motifs is 5. The maximum absolute atomic E-state index is 13.4. The number of ether oxygens (including phenoxy) is 2. The third-order valence-corrected chi connectivity index (χ3v) is 14.1. The number of Topliss-reactive ketones (excluding diaryl/α,β-unsaturated/α-hetero) is 1. The van der Waals surface area contributed by atoms with Crippen LogP contribution >= 0.6 is 0 Å². The Morgan fingerprint density at radius 1 is 1.02 bits per heavy atom. The Morgan fingerprint density at radius 3 is 2.42 bits per heavy atom. The van der Waals surface area contributed by atoms with Crippen molar-refractivity contribution in [2.24, 2.45) is 23.2 Å². The van der Waals surface area contributed by atoms with Gasteiger partial charge in [-0.1, -0.05) is 13.0 Å². The molecule has 1 amide bonds. The van der Waals surface area contributed by atoms with Crippen LogP contribution in [0.5, 0.6) is 5.75 Å². The largest absolute Gasteiger partial charge is 0.453 e. The molecule has 1 unspecified atom stereocenters. The summed E-state index contributed by atoms with van der Waals surface area (Å²) in [6, 6.07) is 4.63. The van der Waals surface area contributed by atoms with Crippen molar-refractivity contribution in [2.75, 3.05) is 50.9 Å². The lowest BCUT2D eigenvalue weighted by Gasteiger charge is -2.52. The number of hydrogen-bond acceptors (Lipinski definition) is 6. The predicted octanol–water partition coefficient (Wildman–Crippen LogP) is 7.45. The summed E-state index contributed by atoms with van der Waals surface area (Å²) in [5, 5.41) is 0. The molecule has 0 spiro atoms. The zero-order valence-electron chi connectivity index (χ0n) is 29.2. The standard InChI is InChI=1S/C37H51F5N2O5S/c1-24-21-29-26(23-31(24)49-34(46)44-13-9-27(10-14-44)43-15-17-48-18-16-43)22-25(33-28(29)8-12-35(2)30(33)6-7-32(35)45)5-3-19-50(47)20-4-11-36(38,39)37(40,41)42/h21,23,25,27-28,30,33H,3-20,22H2,1-2H3/t25-,28-,30+,33-,35+,50?/m1/s1. The van der Waals surface area contributed by atoms with E-state index in [-0.39, 0.29) is 46.7 Å². The topological polar surface area (TPSA) is 76.2 Å². The summed E-state index contributed by atoms with van der Waals surface area (Å²) in [5.74, 6) is -2.95. The van der Waals surface area contributed by atoms with Gasteiger partial charge in [-0.3, -0.25) is 13.9 Å². The van der Waals surface area contributed by atoms with E-state index in [4.69, 9.17) is 9.47 Å². The third-order valence-electron chi connectivity index (χ3n) is 12.6. The Balaban J connectivity index is 1.12. The van der Waals surface area contributed by atoms with Gasteiger partial charge >= 0.3 is 18.2 Å². The van der Waals surface area contributed by atoms with Crippen molar-refractivity contribution in [1.29, 1.82) is 0 Å². The molecular weight excluding hydrogens is 679 g/mol. The fourth-order valence-corrected chi connectivity index (χ4v) is 11.0. The summed E-state index contributed by atoms with van der Waals surface area (Å²) >= 11 is 0. The molecule has 4 fully saturated rings. The molecule has 0 aromatic heterocycles. The van der Waals surface area contributed by atoms with E-state index in [1.54, 1.807) is 4.90 Å². The highest BCUT2D eigenvalue weighted by atomic mass is 32.2. The van der Waals surface area contributed by atoms with Gasteiger partial charge in [0.25, 0.3) is 0 Å². The number of hydrogen-bond donors (Lipinski definition) is 0. The van der Waals surface area contributed by atoms with E-state index in [1.807, 2.05) is 13.0 Å². The second-order valence-corrected chi connectivity index (χ2v) is 17.2. The number of amides is 1. The minimum absolute atomic E-state index is 0.181. The van der Waals surface area contributed by atoms with E-state index >= 15 is 0 Å². The Morgan fingerprint density at radius 2 is 1.72 bits per heavy atom. The Labute approximate surface area is 294 Å². The molecule has 2 heterocycles. The van der Waals surface area contributed by atoms with Crippen LogP contribution in [0.3, 0.4) is 0 Å². The van der Waals surface area contributed by atoms with Crippen molar-refractivity contribution in [2.45, 2.75) is 109 Å². The molecule has 3 aliphatic carbocycles. The van der Waals surface area contributed by atoms with Crippen LogP contribution in [-0.4, -0.2) is 94.9 Å². The number of carbonyl (C=O) groups excluding carboxylic acids is 2. The normalized spacial score (nSPS) is 30.1. The molecule has 5 aliphatic rings. The molecule has 0 N–H and O–H groups in total. The maximum atomic E-state index is 13.4. The second kappa shape index (κ2) is 15.1. The Hall–Kier alpha value is -2.12. The van der Waals surface area contributed by atoms with E-state index < -0.39 is 35.7 Å². The Kier molecular flexibility index (Phi) is 11.4. The highest BCUT2D eigenvalue weighted by molar-refractivity contribution is 7.84. The molecule has 13 heteroatoms. The van der Waals surface area contributed by atoms with E-state index in [9.17, 15) is 35.8 Å². The predicted molar refractivity (Wildman–Crippen MR) is 180 cm³/mol. The van der Waals surface area contributed by atoms with Crippen LogP contribution in [0, 0.1) is 30.1 Å². The average molecular weight is 731 g/mol. The minimum atomic E-state index is -5.60. The van der Waals surface area contributed by atoms with Gasteiger partial charge in [-0.15, -0.1) is 0 Å². The van der Waals surface area contributed by atoms with Gasteiger partial charge in [-0.2, -0.15) is 22.0 Å². The number of carbonyl (C=O) groups is 2. The fourth-order valence-electron chi connectivity index (χ4n) is 9.81. The Bertz CT molecular complexity index is 1430. The number of rotatable bonds is 10. The van der Waals surface area contributed by atoms with Gasteiger partial charge in [0, 0.05) is 72.8 Å². The number of likely N-dealkylation sites (tertiary alicyclic amines) is 1.